The standard InChI is InChI=1S/C13H15ClN4O/c1-2-3-8-19-10-6-4-9(5-7-10)11-16-12(14)18-13(15)17-11/h4-7H,2-3,8H2,1H3,(H2,15,16,17,18). The van der Waals surface area contributed by atoms with Gasteiger partial charge in [-0.2, -0.15) is 15.0 Å². The maximum atomic E-state index is 5.75. The highest BCUT2D eigenvalue weighted by Gasteiger charge is 2.05. The second-order valence-corrected chi connectivity index (χ2v) is 4.35. The van der Waals surface area contributed by atoms with Crippen LogP contribution in [0.4, 0.5) is 5.95 Å². The minimum Gasteiger partial charge on any atom is -0.494 e. The number of hydrogen-bond donors (Lipinski definition) is 1. The molecule has 19 heavy (non-hydrogen) atoms. The summed E-state index contributed by atoms with van der Waals surface area (Å²) in [6.45, 7) is 2.85. The molecule has 0 bridgehead atoms. The molecule has 0 fully saturated rings. The van der Waals surface area contributed by atoms with Crippen molar-refractivity contribution in [3.8, 4) is 17.1 Å². The number of anilines is 1. The molecule has 0 radical (unpaired) electrons. The number of aromatic nitrogens is 3. The zero-order valence-corrected chi connectivity index (χ0v) is 11.4. The first-order valence-corrected chi connectivity index (χ1v) is 6.47. The largest absolute Gasteiger partial charge is 0.494 e. The Morgan fingerprint density at radius 2 is 1.89 bits per heavy atom. The molecule has 0 aliphatic carbocycles. The molecule has 2 N–H and O–H groups in total. The van der Waals surface area contributed by atoms with Crippen LogP contribution in [0.25, 0.3) is 11.4 Å². The monoisotopic (exact) mass is 278 g/mol. The van der Waals surface area contributed by atoms with Crippen LogP contribution in [0.1, 0.15) is 19.8 Å². The van der Waals surface area contributed by atoms with Crippen LogP contribution in [0.2, 0.25) is 5.28 Å². The average molecular weight is 279 g/mol. The first kappa shape index (κ1) is 13.5. The Morgan fingerprint density at radius 1 is 1.16 bits per heavy atom. The fraction of sp³-hybridized carbons (Fsp3) is 0.308. The number of halogens is 1. The number of benzene rings is 1. The molecule has 0 amide bonds. The van der Waals surface area contributed by atoms with E-state index in [0.717, 1.165) is 30.8 Å². The fourth-order valence-corrected chi connectivity index (χ4v) is 1.70. The van der Waals surface area contributed by atoms with Gasteiger partial charge in [0.05, 0.1) is 6.61 Å². The van der Waals surface area contributed by atoms with Gasteiger partial charge in [-0.1, -0.05) is 13.3 Å². The first-order chi connectivity index (χ1) is 9.19. The summed E-state index contributed by atoms with van der Waals surface area (Å²) in [7, 11) is 0. The van der Waals surface area contributed by atoms with Crippen molar-refractivity contribution in [2.75, 3.05) is 12.3 Å². The number of ether oxygens (including phenoxy) is 1. The summed E-state index contributed by atoms with van der Waals surface area (Å²) in [5.74, 6) is 1.39. The summed E-state index contributed by atoms with van der Waals surface area (Å²) in [6.07, 6.45) is 2.15. The number of unbranched alkanes of at least 4 members (excludes halogenated alkanes) is 1. The lowest BCUT2D eigenvalue weighted by Gasteiger charge is -2.06. The van der Waals surface area contributed by atoms with Gasteiger partial charge < -0.3 is 10.5 Å². The summed E-state index contributed by atoms with van der Waals surface area (Å²) in [5.41, 5.74) is 6.35. The van der Waals surface area contributed by atoms with Gasteiger partial charge >= 0.3 is 0 Å². The van der Waals surface area contributed by atoms with Gasteiger partial charge in [0.15, 0.2) is 5.82 Å². The Bertz CT molecular complexity index is 525. The van der Waals surface area contributed by atoms with E-state index < -0.39 is 0 Å². The normalized spacial score (nSPS) is 10.4. The van der Waals surface area contributed by atoms with Crippen LogP contribution < -0.4 is 10.5 Å². The van der Waals surface area contributed by atoms with E-state index in [1.807, 2.05) is 24.3 Å². The summed E-state index contributed by atoms with van der Waals surface area (Å²) >= 11 is 5.75. The zero-order valence-electron chi connectivity index (χ0n) is 10.6. The van der Waals surface area contributed by atoms with E-state index in [1.165, 1.54) is 0 Å². The van der Waals surface area contributed by atoms with E-state index in [1.54, 1.807) is 0 Å². The fourth-order valence-electron chi connectivity index (χ4n) is 1.53. The van der Waals surface area contributed by atoms with Crippen molar-refractivity contribution >= 4 is 17.5 Å². The summed E-state index contributed by atoms with van der Waals surface area (Å²) in [4.78, 5) is 11.8. The Balaban J connectivity index is 2.13. The van der Waals surface area contributed by atoms with Gasteiger partial charge in [-0.25, -0.2) is 0 Å². The van der Waals surface area contributed by atoms with Crippen LogP contribution in [-0.4, -0.2) is 21.6 Å². The van der Waals surface area contributed by atoms with Crippen LogP contribution in [0.15, 0.2) is 24.3 Å². The summed E-state index contributed by atoms with van der Waals surface area (Å²) in [6, 6.07) is 7.48. The van der Waals surface area contributed by atoms with E-state index in [4.69, 9.17) is 22.1 Å². The molecule has 0 aliphatic heterocycles. The molecule has 2 rings (SSSR count). The topological polar surface area (TPSA) is 73.9 Å². The predicted octanol–water partition coefficient (Wildman–Crippen LogP) is 2.95. The smallest absolute Gasteiger partial charge is 0.227 e. The molecule has 1 aromatic heterocycles. The van der Waals surface area contributed by atoms with Crippen molar-refractivity contribution in [3.05, 3.63) is 29.5 Å². The van der Waals surface area contributed by atoms with Gasteiger partial charge in [-0.05, 0) is 42.3 Å². The van der Waals surface area contributed by atoms with E-state index >= 15 is 0 Å². The first-order valence-electron chi connectivity index (χ1n) is 6.09. The van der Waals surface area contributed by atoms with Gasteiger partial charge in [0.1, 0.15) is 5.75 Å². The molecule has 6 heteroatoms. The minimum atomic E-state index is 0.0887. The van der Waals surface area contributed by atoms with E-state index in [0.29, 0.717) is 5.82 Å². The second-order valence-electron chi connectivity index (χ2n) is 4.01. The highest BCUT2D eigenvalue weighted by molar-refractivity contribution is 6.28. The third-order valence-electron chi connectivity index (χ3n) is 2.50. The zero-order chi connectivity index (χ0) is 13.7. The molecular weight excluding hydrogens is 264 g/mol. The SMILES string of the molecule is CCCCOc1ccc(-c2nc(N)nc(Cl)n2)cc1. The van der Waals surface area contributed by atoms with Crippen molar-refractivity contribution in [1.82, 2.24) is 15.0 Å². The van der Waals surface area contributed by atoms with Crippen molar-refractivity contribution < 1.29 is 4.74 Å². The lowest BCUT2D eigenvalue weighted by Crippen LogP contribution is -2.00. The number of nitrogen functional groups attached to an aromatic ring is 1. The van der Waals surface area contributed by atoms with E-state index in [-0.39, 0.29) is 11.2 Å². The number of nitrogens with two attached hydrogens (primary N) is 1. The van der Waals surface area contributed by atoms with Crippen molar-refractivity contribution in [2.24, 2.45) is 0 Å². The van der Waals surface area contributed by atoms with Gasteiger partial charge in [-0.15, -0.1) is 0 Å². The van der Waals surface area contributed by atoms with Crippen LogP contribution in [-0.2, 0) is 0 Å². The minimum absolute atomic E-state index is 0.0887. The van der Waals surface area contributed by atoms with Crippen molar-refractivity contribution in [2.45, 2.75) is 19.8 Å². The third-order valence-corrected chi connectivity index (χ3v) is 2.67. The number of hydrogen-bond acceptors (Lipinski definition) is 5. The van der Waals surface area contributed by atoms with Crippen molar-refractivity contribution in [1.29, 1.82) is 0 Å². The Hall–Kier alpha value is -1.88. The molecule has 0 saturated heterocycles. The molecule has 0 unspecified atom stereocenters. The number of rotatable bonds is 5. The van der Waals surface area contributed by atoms with Crippen LogP contribution in [0.3, 0.4) is 0 Å². The third kappa shape index (κ3) is 3.79. The van der Waals surface area contributed by atoms with Crippen LogP contribution in [0, 0.1) is 0 Å². The molecule has 100 valence electrons. The molecule has 1 aromatic carbocycles. The summed E-state index contributed by atoms with van der Waals surface area (Å²) < 4.78 is 5.58. The molecule has 0 atom stereocenters. The highest BCUT2D eigenvalue weighted by atomic mass is 35.5. The molecule has 0 spiro atoms. The lowest BCUT2D eigenvalue weighted by molar-refractivity contribution is 0.309. The lowest BCUT2D eigenvalue weighted by atomic mass is 10.2. The Labute approximate surface area is 116 Å². The highest BCUT2D eigenvalue weighted by Crippen LogP contribution is 2.20. The van der Waals surface area contributed by atoms with Gasteiger partial charge in [0.2, 0.25) is 11.2 Å². The second kappa shape index (κ2) is 6.33. The molecule has 0 saturated carbocycles. The quantitative estimate of drug-likeness (QED) is 0.851. The molecule has 5 nitrogen and oxygen atoms in total. The molecule has 1 heterocycles. The van der Waals surface area contributed by atoms with E-state index in [2.05, 4.69) is 21.9 Å². The van der Waals surface area contributed by atoms with E-state index in [9.17, 15) is 0 Å². The maximum absolute atomic E-state index is 5.75. The number of nitrogens with zero attached hydrogens (tertiary/aromatic N) is 3. The Kier molecular flexibility index (Phi) is 4.52. The predicted molar refractivity (Wildman–Crippen MR) is 75.1 cm³/mol. The molecular formula is C13H15ClN4O. The van der Waals surface area contributed by atoms with Crippen LogP contribution >= 0.6 is 11.6 Å². The van der Waals surface area contributed by atoms with Crippen molar-refractivity contribution in [3.63, 3.8) is 0 Å². The average Bonchev–Trinajstić information content (AvgIpc) is 2.39. The van der Waals surface area contributed by atoms with Gasteiger partial charge in [-0.3, -0.25) is 0 Å². The van der Waals surface area contributed by atoms with Crippen LogP contribution in [0.5, 0.6) is 5.75 Å². The van der Waals surface area contributed by atoms with Gasteiger partial charge in [0, 0.05) is 5.56 Å². The molecule has 2 aromatic rings. The summed E-state index contributed by atoms with van der Waals surface area (Å²) in [5, 5.41) is 0.0887. The maximum Gasteiger partial charge on any atom is 0.227 e. The molecule has 0 aliphatic rings. The Morgan fingerprint density at radius 3 is 2.53 bits per heavy atom. The van der Waals surface area contributed by atoms with Gasteiger partial charge in [0.25, 0.3) is 0 Å².